The summed E-state index contributed by atoms with van der Waals surface area (Å²) in [5.74, 6) is 0.165. The van der Waals surface area contributed by atoms with Crippen molar-refractivity contribution in [2.75, 3.05) is 17.7 Å². The number of rotatable bonds is 5. The van der Waals surface area contributed by atoms with Crippen LogP contribution in [0.3, 0.4) is 0 Å². The Labute approximate surface area is 151 Å². The van der Waals surface area contributed by atoms with Gasteiger partial charge in [0.2, 0.25) is 0 Å². The SMILES string of the molecule is COc1cccc(C(=O)Nc2ccc(C(=O)Nc3ccccc3)cc2)c1. The van der Waals surface area contributed by atoms with Crippen molar-refractivity contribution in [3.05, 3.63) is 90.0 Å². The van der Waals surface area contributed by atoms with E-state index in [1.165, 1.54) is 0 Å². The van der Waals surface area contributed by atoms with Crippen LogP contribution in [0.4, 0.5) is 11.4 Å². The zero-order valence-corrected chi connectivity index (χ0v) is 14.2. The number of hydrogen-bond donors (Lipinski definition) is 2. The number of ether oxygens (including phenoxy) is 1. The molecule has 0 atom stereocenters. The van der Waals surface area contributed by atoms with E-state index in [1.54, 1.807) is 55.6 Å². The molecule has 0 spiro atoms. The van der Waals surface area contributed by atoms with Crippen molar-refractivity contribution in [2.45, 2.75) is 0 Å². The molecule has 0 aliphatic carbocycles. The Morgan fingerprint density at radius 1 is 0.692 bits per heavy atom. The quantitative estimate of drug-likeness (QED) is 0.727. The van der Waals surface area contributed by atoms with Crippen molar-refractivity contribution >= 4 is 23.2 Å². The predicted octanol–water partition coefficient (Wildman–Crippen LogP) is 4.20. The Bertz CT molecular complexity index is 906. The predicted molar refractivity (Wildman–Crippen MR) is 102 cm³/mol. The van der Waals surface area contributed by atoms with E-state index in [2.05, 4.69) is 10.6 Å². The van der Waals surface area contributed by atoms with Gasteiger partial charge in [-0.25, -0.2) is 0 Å². The van der Waals surface area contributed by atoms with Crippen LogP contribution in [0.5, 0.6) is 5.75 Å². The number of nitrogens with one attached hydrogen (secondary N) is 2. The molecule has 0 aliphatic heterocycles. The summed E-state index contributed by atoms with van der Waals surface area (Å²) in [6.07, 6.45) is 0. The normalized spacial score (nSPS) is 10.0. The average Bonchev–Trinajstić information content (AvgIpc) is 2.69. The average molecular weight is 346 g/mol. The van der Waals surface area contributed by atoms with Gasteiger partial charge in [0.1, 0.15) is 5.75 Å². The minimum atomic E-state index is -0.245. The molecule has 3 aromatic rings. The summed E-state index contributed by atoms with van der Waals surface area (Å²) in [5.41, 5.74) is 2.34. The molecule has 3 aromatic carbocycles. The Morgan fingerprint density at radius 3 is 1.96 bits per heavy atom. The van der Waals surface area contributed by atoms with E-state index >= 15 is 0 Å². The summed E-state index contributed by atoms with van der Waals surface area (Å²) < 4.78 is 5.12. The first-order valence-electron chi connectivity index (χ1n) is 8.07. The molecule has 130 valence electrons. The van der Waals surface area contributed by atoms with Crippen molar-refractivity contribution in [2.24, 2.45) is 0 Å². The largest absolute Gasteiger partial charge is 0.497 e. The molecule has 5 nitrogen and oxygen atoms in total. The van der Waals surface area contributed by atoms with E-state index in [9.17, 15) is 9.59 Å². The molecule has 0 aliphatic rings. The fraction of sp³-hybridized carbons (Fsp3) is 0.0476. The highest BCUT2D eigenvalue weighted by atomic mass is 16.5. The maximum absolute atomic E-state index is 12.3. The van der Waals surface area contributed by atoms with Gasteiger partial charge in [0.25, 0.3) is 11.8 Å². The summed E-state index contributed by atoms with van der Waals surface area (Å²) in [6, 6.07) is 22.9. The van der Waals surface area contributed by atoms with E-state index < -0.39 is 0 Å². The summed E-state index contributed by atoms with van der Waals surface area (Å²) in [7, 11) is 1.55. The van der Waals surface area contributed by atoms with Crippen LogP contribution in [-0.4, -0.2) is 18.9 Å². The van der Waals surface area contributed by atoms with Crippen molar-refractivity contribution in [3.8, 4) is 5.75 Å². The van der Waals surface area contributed by atoms with Gasteiger partial charge < -0.3 is 15.4 Å². The number of hydrogen-bond acceptors (Lipinski definition) is 3. The highest BCUT2D eigenvalue weighted by molar-refractivity contribution is 6.06. The van der Waals surface area contributed by atoms with Crippen LogP contribution in [-0.2, 0) is 0 Å². The van der Waals surface area contributed by atoms with Gasteiger partial charge in [0.05, 0.1) is 7.11 Å². The molecule has 26 heavy (non-hydrogen) atoms. The molecule has 0 aromatic heterocycles. The van der Waals surface area contributed by atoms with Gasteiger partial charge in [-0.1, -0.05) is 24.3 Å². The summed E-state index contributed by atoms with van der Waals surface area (Å²) in [5, 5.41) is 5.62. The van der Waals surface area contributed by atoms with Crippen LogP contribution in [0, 0.1) is 0 Å². The first-order chi connectivity index (χ1) is 12.7. The van der Waals surface area contributed by atoms with Gasteiger partial charge in [0, 0.05) is 22.5 Å². The van der Waals surface area contributed by atoms with Crippen LogP contribution in [0.2, 0.25) is 0 Å². The van der Waals surface area contributed by atoms with E-state index in [0.717, 1.165) is 5.69 Å². The van der Waals surface area contributed by atoms with Gasteiger partial charge in [0.15, 0.2) is 0 Å². The van der Waals surface area contributed by atoms with Crippen LogP contribution in [0.1, 0.15) is 20.7 Å². The van der Waals surface area contributed by atoms with Gasteiger partial charge >= 0.3 is 0 Å². The molecule has 0 unspecified atom stereocenters. The van der Waals surface area contributed by atoms with Crippen molar-refractivity contribution in [1.29, 1.82) is 0 Å². The third kappa shape index (κ3) is 4.27. The zero-order valence-electron chi connectivity index (χ0n) is 14.2. The molecule has 3 rings (SSSR count). The van der Waals surface area contributed by atoms with Crippen LogP contribution in [0.15, 0.2) is 78.9 Å². The summed E-state index contributed by atoms with van der Waals surface area (Å²) in [6.45, 7) is 0. The number of benzene rings is 3. The van der Waals surface area contributed by atoms with E-state index in [-0.39, 0.29) is 11.8 Å². The lowest BCUT2D eigenvalue weighted by Gasteiger charge is -2.08. The first kappa shape index (κ1) is 17.2. The van der Waals surface area contributed by atoms with Crippen LogP contribution in [0.25, 0.3) is 0 Å². The summed E-state index contributed by atoms with van der Waals surface area (Å²) in [4.78, 5) is 24.5. The van der Waals surface area contributed by atoms with Crippen LogP contribution < -0.4 is 15.4 Å². The number of para-hydroxylation sites is 1. The molecule has 5 heteroatoms. The fourth-order valence-corrected chi connectivity index (χ4v) is 2.40. The number of methoxy groups -OCH3 is 1. The van der Waals surface area contributed by atoms with E-state index in [0.29, 0.717) is 22.6 Å². The molecule has 0 bridgehead atoms. The van der Waals surface area contributed by atoms with Gasteiger partial charge in [-0.15, -0.1) is 0 Å². The number of carbonyl (C=O) groups is 2. The maximum Gasteiger partial charge on any atom is 0.255 e. The Morgan fingerprint density at radius 2 is 1.31 bits per heavy atom. The third-order valence-corrected chi connectivity index (χ3v) is 3.77. The minimum Gasteiger partial charge on any atom is -0.497 e. The molecule has 2 N–H and O–H groups in total. The Kier molecular flexibility index (Phi) is 5.29. The van der Waals surface area contributed by atoms with Gasteiger partial charge in [-0.2, -0.15) is 0 Å². The highest BCUT2D eigenvalue weighted by Gasteiger charge is 2.09. The lowest BCUT2D eigenvalue weighted by Crippen LogP contribution is -2.13. The van der Waals surface area contributed by atoms with Crippen LogP contribution >= 0.6 is 0 Å². The minimum absolute atomic E-state index is 0.207. The summed E-state index contributed by atoms with van der Waals surface area (Å²) >= 11 is 0. The second-order valence-electron chi connectivity index (χ2n) is 5.58. The van der Waals surface area contributed by atoms with Gasteiger partial charge in [-0.3, -0.25) is 9.59 Å². The molecule has 2 amide bonds. The molecule has 0 fully saturated rings. The first-order valence-corrected chi connectivity index (χ1v) is 8.07. The highest BCUT2D eigenvalue weighted by Crippen LogP contribution is 2.16. The number of amides is 2. The monoisotopic (exact) mass is 346 g/mol. The van der Waals surface area contributed by atoms with Crippen molar-refractivity contribution in [3.63, 3.8) is 0 Å². The fourth-order valence-electron chi connectivity index (χ4n) is 2.40. The third-order valence-electron chi connectivity index (χ3n) is 3.77. The molecular weight excluding hydrogens is 328 g/mol. The molecule has 0 saturated carbocycles. The lowest BCUT2D eigenvalue weighted by atomic mass is 10.1. The van der Waals surface area contributed by atoms with E-state index in [1.807, 2.05) is 30.3 Å². The topological polar surface area (TPSA) is 67.4 Å². The lowest BCUT2D eigenvalue weighted by molar-refractivity contribution is 0.101. The Balaban J connectivity index is 1.65. The molecule has 0 heterocycles. The maximum atomic E-state index is 12.3. The number of anilines is 2. The van der Waals surface area contributed by atoms with Crippen molar-refractivity contribution < 1.29 is 14.3 Å². The molecule has 0 radical (unpaired) electrons. The zero-order chi connectivity index (χ0) is 18.4. The molecule has 0 saturated heterocycles. The van der Waals surface area contributed by atoms with Crippen molar-refractivity contribution in [1.82, 2.24) is 0 Å². The standard InChI is InChI=1S/C21H18N2O3/c1-26-19-9-5-6-16(14-19)21(25)23-18-12-10-15(11-13-18)20(24)22-17-7-3-2-4-8-17/h2-14H,1H3,(H,22,24)(H,23,25). The van der Waals surface area contributed by atoms with E-state index in [4.69, 9.17) is 4.74 Å². The molecular formula is C21H18N2O3. The Hall–Kier alpha value is -3.60. The second kappa shape index (κ2) is 7.98. The number of carbonyl (C=O) groups excluding carboxylic acids is 2. The second-order valence-corrected chi connectivity index (χ2v) is 5.58. The van der Waals surface area contributed by atoms with Gasteiger partial charge in [-0.05, 0) is 54.6 Å². The smallest absolute Gasteiger partial charge is 0.255 e.